The van der Waals surface area contributed by atoms with Crippen LogP contribution in [0.4, 0.5) is 4.79 Å². The lowest BCUT2D eigenvalue weighted by Gasteiger charge is -2.27. The van der Waals surface area contributed by atoms with Crippen molar-refractivity contribution in [1.29, 1.82) is 0 Å². The minimum Gasteiger partial charge on any atom is -0.462 e. The molecule has 0 bridgehead atoms. The maximum Gasteiger partial charge on any atom is 0.339 e. The number of hydrogen-bond acceptors (Lipinski definition) is 7. The Morgan fingerprint density at radius 3 is 2.65 bits per heavy atom. The van der Waals surface area contributed by atoms with Crippen molar-refractivity contribution in [2.75, 3.05) is 26.2 Å². The molecule has 0 aliphatic carbocycles. The van der Waals surface area contributed by atoms with Crippen LogP contribution in [0.2, 0.25) is 5.02 Å². The van der Waals surface area contributed by atoms with Crippen molar-refractivity contribution >= 4 is 52.5 Å². The van der Waals surface area contributed by atoms with E-state index in [1.807, 2.05) is 0 Å². The molecule has 2 fully saturated rings. The molecule has 3 heterocycles. The first kappa shape index (κ1) is 24.1. The van der Waals surface area contributed by atoms with E-state index in [1.165, 1.54) is 6.08 Å². The van der Waals surface area contributed by atoms with Crippen LogP contribution in [-0.2, 0) is 14.3 Å². The molecular weight excluding hydrogens is 480 g/mol. The standard InChI is InChI=1S/C24H23ClN2O6S/c1-2-32-23(30)17-12-15(6-8-18(17)25)19-9-7-16(33-19)13-20-22(29)27(24(31)34-20)14-21(28)26-10-4-3-5-11-26/h6-9,12-13H,2-5,10-11,14H2,1H3/b20-13-. The molecule has 4 rings (SSSR count). The smallest absolute Gasteiger partial charge is 0.339 e. The van der Waals surface area contributed by atoms with Crippen molar-refractivity contribution in [3.05, 3.63) is 51.6 Å². The van der Waals surface area contributed by atoms with Crippen molar-refractivity contribution in [3.63, 3.8) is 0 Å². The number of ether oxygens (including phenoxy) is 1. The molecule has 2 saturated heterocycles. The van der Waals surface area contributed by atoms with Crippen molar-refractivity contribution < 1.29 is 28.3 Å². The molecule has 0 spiro atoms. The highest BCUT2D eigenvalue weighted by Crippen LogP contribution is 2.34. The SMILES string of the molecule is CCOC(=O)c1cc(-c2ccc(/C=C3\SC(=O)N(CC(=O)N4CCCCC4)C3=O)o2)ccc1Cl. The Hall–Kier alpha value is -3.04. The van der Waals surface area contributed by atoms with E-state index in [-0.39, 0.29) is 34.6 Å². The van der Waals surface area contributed by atoms with E-state index in [4.69, 9.17) is 20.8 Å². The number of carbonyl (C=O) groups excluding carboxylic acids is 4. The average Bonchev–Trinajstić information content (AvgIpc) is 3.40. The number of furan rings is 1. The minimum absolute atomic E-state index is 0.181. The predicted molar refractivity (Wildman–Crippen MR) is 128 cm³/mol. The molecule has 0 radical (unpaired) electrons. The van der Waals surface area contributed by atoms with E-state index < -0.39 is 17.1 Å². The van der Waals surface area contributed by atoms with Crippen LogP contribution in [0.1, 0.15) is 42.3 Å². The first-order valence-corrected chi connectivity index (χ1v) is 12.2. The summed E-state index contributed by atoms with van der Waals surface area (Å²) in [6.07, 6.45) is 4.42. The van der Waals surface area contributed by atoms with Gasteiger partial charge in [0.1, 0.15) is 18.1 Å². The molecule has 1 aromatic carbocycles. The zero-order valence-corrected chi connectivity index (χ0v) is 20.1. The lowest BCUT2D eigenvalue weighted by molar-refractivity contribution is -0.136. The largest absolute Gasteiger partial charge is 0.462 e. The zero-order valence-electron chi connectivity index (χ0n) is 18.5. The van der Waals surface area contributed by atoms with Gasteiger partial charge in [-0.05, 0) is 68.3 Å². The second kappa shape index (κ2) is 10.5. The quantitative estimate of drug-likeness (QED) is 0.412. The Labute approximate surface area is 205 Å². The second-order valence-corrected chi connectivity index (χ2v) is 9.23. The third-order valence-electron chi connectivity index (χ3n) is 5.52. The summed E-state index contributed by atoms with van der Waals surface area (Å²) < 4.78 is 10.8. The van der Waals surface area contributed by atoms with Crippen LogP contribution in [0.3, 0.4) is 0 Å². The van der Waals surface area contributed by atoms with Crippen LogP contribution in [0.15, 0.2) is 39.7 Å². The molecule has 8 nitrogen and oxygen atoms in total. The zero-order chi connectivity index (χ0) is 24.2. The molecule has 0 atom stereocenters. The van der Waals surface area contributed by atoms with E-state index in [2.05, 4.69) is 0 Å². The summed E-state index contributed by atoms with van der Waals surface area (Å²) in [6.45, 7) is 2.99. The van der Waals surface area contributed by atoms with Gasteiger partial charge in [-0.3, -0.25) is 19.3 Å². The summed E-state index contributed by atoms with van der Waals surface area (Å²) in [5, 5.41) is -0.216. The van der Waals surface area contributed by atoms with Gasteiger partial charge >= 0.3 is 5.97 Å². The topological polar surface area (TPSA) is 97.1 Å². The first-order chi connectivity index (χ1) is 16.4. The fourth-order valence-corrected chi connectivity index (χ4v) is 4.79. The Bertz CT molecular complexity index is 1170. The summed E-state index contributed by atoms with van der Waals surface area (Å²) in [7, 11) is 0. The number of halogens is 1. The molecule has 178 valence electrons. The fraction of sp³-hybridized carbons (Fsp3) is 0.333. The lowest BCUT2D eigenvalue weighted by atomic mass is 10.1. The van der Waals surface area contributed by atoms with Gasteiger partial charge in [0.25, 0.3) is 11.1 Å². The summed E-state index contributed by atoms with van der Waals surface area (Å²) >= 11 is 6.89. The van der Waals surface area contributed by atoms with E-state index in [0.29, 0.717) is 30.2 Å². The van der Waals surface area contributed by atoms with Gasteiger partial charge in [-0.15, -0.1) is 0 Å². The van der Waals surface area contributed by atoms with Crippen LogP contribution in [-0.4, -0.2) is 59.1 Å². The highest BCUT2D eigenvalue weighted by Gasteiger charge is 2.37. The normalized spacial score (nSPS) is 17.5. The average molecular weight is 503 g/mol. The highest BCUT2D eigenvalue weighted by atomic mass is 35.5. The predicted octanol–water partition coefficient (Wildman–Crippen LogP) is 4.83. The van der Waals surface area contributed by atoms with Crippen molar-refractivity contribution in [3.8, 4) is 11.3 Å². The molecular formula is C24H23ClN2O6S. The summed E-state index contributed by atoms with van der Waals surface area (Å²) in [5.74, 6) is -0.463. The van der Waals surface area contributed by atoms with Crippen LogP contribution in [0.25, 0.3) is 17.4 Å². The number of carbonyl (C=O) groups is 4. The molecule has 0 N–H and O–H groups in total. The number of piperidine rings is 1. The number of rotatable bonds is 6. The van der Waals surface area contributed by atoms with Gasteiger partial charge in [0.05, 0.1) is 22.1 Å². The Morgan fingerprint density at radius 2 is 1.91 bits per heavy atom. The number of amides is 3. The molecule has 10 heteroatoms. The molecule has 34 heavy (non-hydrogen) atoms. The third kappa shape index (κ3) is 5.20. The van der Waals surface area contributed by atoms with Gasteiger partial charge in [0.15, 0.2) is 0 Å². The van der Waals surface area contributed by atoms with Gasteiger partial charge < -0.3 is 14.1 Å². The minimum atomic E-state index is -0.533. The number of benzene rings is 1. The Morgan fingerprint density at radius 1 is 1.15 bits per heavy atom. The van der Waals surface area contributed by atoms with Gasteiger partial charge in [-0.1, -0.05) is 11.6 Å². The maximum absolute atomic E-state index is 12.8. The summed E-state index contributed by atoms with van der Waals surface area (Å²) in [5.41, 5.74) is 0.825. The second-order valence-electron chi connectivity index (χ2n) is 7.83. The molecule has 3 amide bonds. The number of hydrogen-bond donors (Lipinski definition) is 0. The first-order valence-electron chi connectivity index (χ1n) is 11.0. The van der Waals surface area contributed by atoms with Crippen molar-refractivity contribution in [2.45, 2.75) is 26.2 Å². The fourth-order valence-electron chi connectivity index (χ4n) is 3.77. The van der Waals surface area contributed by atoms with Gasteiger partial charge in [0, 0.05) is 24.7 Å². The van der Waals surface area contributed by atoms with Crippen LogP contribution in [0, 0.1) is 0 Å². The third-order valence-corrected chi connectivity index (χ3v) is 6.76. The molecule has 0 unspecified atom stereocenters. The molecule has 0 saturated carbocycles. The summed E-state index contributed by atoms with van der Waals surface area (Å²) in [6, 6.07) is 8.20. The number of imide groups is 1. The molecule has 2 aliphatic heterocycles. The number of likely N-dealkylation sites (tertiary alicyclic amines) is 1. The van der Waals surface area contributed by atoms with E-state index in [0.717, 1.165) is 35.9 Å². The lowest BCUT2D eigenvalue weighted by Crippen LogP contribution is -2.44. The number of thioether (sulfide) groups is 1. The monoisotopic (exact) mass is 502 g/mol. The highest BCUT2D eigenvalue weighted by molar-refractivity contribution is 8.18. The van der Waals surface area contributed by atoms with Gasteiger partial charge in [0.2, 0.25) is 5.91 Å². The van der Waals surface area contributed by atoms with Crippen molar-refractivity contribution in [1.82, 2.24) is 9.80 Å². The van der Waals surface area contributed by atoms with E-state index in [1.54, 1.807) is 42.2 Å². The van der Waals surface area contributed by atoms with E-state index >= 15 is 0 Å². The van der Waals surface area contributed by atoms with Crippen LogP contribution >= 0.6 is 23.4 Å². The van der Waals surface area contributed by atoms with E-state index in [9.17, 15) is 19.2 Å². The van der Waals surface area contributed by atoms with Crippen molar-refractivity contribution in [2.24, 2.45) is 0 Å². The number of esters is 1. The Balaban J connectivity index is 1.48. The molecule has 2 aliphatic rings. The van der Waals surface area contributed by atoms with Crippen LogP contribution < -0.4 is 0 Å². The summed E-state index contributed by atoms with van der Waals surface area (Å²) in [4.78, 5) is 52.6. The van der Waals surface area contributed by atoms with Gasteiger partial charge in [-0.2, -0.15) is 0 Å². The molecule has 1 aromatic heterocycles. The number of nitrogens with zero attached hydrogens (tertiary/aromatic N) is 2. The molecule has 2 aromatic rings. The van der Waals surface area contributed by atoms with Crippen LogP contribution in [0.5, 0.6) is 0 Å². The maximum atomic E-state index is 12.8. The Kier molecular flexibility index (Phi) is 7.43. The van der Waals surface area contributed by atoms with Gasteiger partial charge in [-0.25, -0.2) is 4.79 Å².